The predicted octanol–water partition coefficient (Wildman–Crippen LogP) is 4.34. The minimum atomic E-state index is -0.452. The maximum absolute atomic E-state index is 12.4. The van der Waals surface area contributed by atoms with Crippen molar-refractivity contribution >= 4 is 5.97 Å². The van der Waals surface area contributed by atoms with Gasteiger partial charge in [-0.2, -0.15) is 0 Å². The highest BCUT2D eigenvalue weighted by Crippen LogP contribution is 2.29. The Bertz CT molecular complexity index is 785. The van der Waals surface area contributed by atoms with E-state index in [-0.39, 0.29) is 0 Å². The Morgan fingerprint density at radius 3 is 2.30 bits per heavy atom. The number of aryl methyl sites for hydroxylation is 1. The number of benzene rings is 2. The van der Waals surface area contributed by atoms with Crippen LogP contribution in [-0.4, -0.2) is 11.0 Å². The van der Waals surface area contributed by atoms with Crippen molar-refractivity contribution in [1.82, 2.24) is 4.98 Å². The second kappa shape index (κ2) is 6.88. The van der Waals surface area contributed by atoms with E-state index in [0.29, 0.717) is 5.69 Å². The molecule has 2 aromatic carbocycles. The smallest absolute Gasteiger partial charge is 0.357 e. The number of carbonyl (C=O) groups is 1. The first-order valence-electron chi connectivity index (χ1n) is 7.48. The topological polar surface area (TPSA) is 39.2 Å². The van der Waals surface area contributed by atoms with Gasteiger partial charge >= 0.3 is 5.97 Å². The molecule has 3 heteroatoms. The zero-order chi connectivity index (χ0) is 16.1. The van der Waals surface area contributed by atoms with Crippen LogP contribution in [0.15, 0.2) is 79.0 Å². The largest absolute Gasteiger partial charge is 0.448 e. The lowest BCUT2D eigenvalue weighted by atomic mass is 9.97. The van der Waals surface area contributed by atoms with Crippen LogP contribution in [0.4, 0.5) is 0 Å². The highest BCUT2D eigenvalue weighted by Gasteiger charge is 2.21. The van der Waals surface area contributed by atoms with Crippen LogP contribution in [0.5, 0.6) is 0 Å². The third-order valence-corrected chi connectivity index (χ3v) is 3.67. The molecule has 0 aliphatic heterocycles. The summed E-state index contributed by atoms with van der Waals surface area (Å²) < 4.78 is 5.79. The van der Waals surface area contributed by atoms with Crippen LogP contribution in [0.1, 0.15) is 33.3 Å². The fourth-order valence-corrected chi connectivity index (χ4v) is 2.47. The molecule has 0 amide bonds. The van der Waals surface area contributed by atoms with Gasteiger partial charge in [0, 0.05) is 6.20 Å². The number of aromatic nitrogens is 1. The lowest BCUT2D eigenvalue weighted by Crippen LogP contribution is -2.15. The molecule has 0 fully saturated rings. The van der Waals surface area contributed by atoms with Gasteiger partial charge in [-0.3, -0.25) is 0 Å². The maximum atomic E-state index is 12.4. The van der Waals surface area contributed by atoms with Gasteiger partial charge in [-0.1, -0.05) is 60.7 Å². The monoisotopic (exact) mass is 303 g/mol. The van der Waals surface area contributed by atoms with Gasteiger partial charge in [-0.15, -0.1) is 0 Å². The standard InChI is InChI=1S/C20H17NO2/c1-15-9-5-6-12-17(15)19(16-10-3-2-4-11-16)23-20(22)18-13-7-8-14-21-18/h2-14,19H,1H3. The minimum Gasteiger partial charge on any atom is -0.448 e. The van der Waals surface area contributed by atoms with Crippen LogP contribution in [-0.2, 0) is 4.74 Å². The Labute approximate surface area is 135 Å². The molecule has 0 N–H and O–H groups in total. The molecule has 0 bridgehead atoms. The molecule has 0 aliphatic carbocycles. The number of ether oxygens (including phenoxy) is 1. The third kappa shape index (κ3) is 3.46. The van der Waals surface area contributed by atoms with Crippen LogP contribution in [0.25, 0.3) is 0 Å². The fourth-order valence-electron chi connectivity index (χ4n) is 2.47. The molecule has 0 spiro atoms. The van der Waals surface area contributed by atoms with E-state index in [9.17, 15) is 4.79 Å². The summed E-state index contributed by atoms with van der Waals surface area (Å²) in [7, 11) is 0. The van der Waals surface area contributed by atoms with Gasteiger partial charge in [-0.25, -0.2) is 9.78 Å². The SMILES string of the molecule is Cc1ccccc1C(OC(=O)c1ccccn1)c1ccccc1. The number of carbonyl (C=O) groups excluding carboxylic acids is 1. The molecule has 0 aliphatic rings. The fraction of sp³-hybridized carbons (Fsp3) is 0.100. The van der Waals surface area contributed by atoms with Crippen molar-refractivity contribution in [1.29, 1.82) is 0 Å². The lowest BCUT2D eigenvalue weighted by Gasteiger charge is -2.20. The highest BCUT2D eigenvalue weighted by atomic mass is 16.5. The predicted molar refractivity (Wildman–Crippen MR) is 89.1 cm³/mol. The number of nitrogens with zero attached hydrogens (tertiary/aromatic N) is 1. The average Bonchev–Trinajstić information content (AvgIpc) is 2.62. The number of rotatable bonds is 4. The normalized spacial score (nSPS) is 11.7. The average molecular weight is 303 g/mol. The number of hydrogen-bond acceptors (Lipinski definition) is 3. The van der Waals surface area contributed by atoms with E-state index in [4.69, 9.17) is 4.74 Å². The van der Waals surface area contributed by atoms with Crippen molar-refractivity contribution in [3.63, 3.8) is 0 Å². The van der Waals surface area contributed by atoms with Crippen LogP contribution in [0.2, 0.25) is 0 Å². The first-order chi connectivity index (χ1) is 11.3. The van der Waals surface area contributed by atoms with Crippen molar-refractivity contribution < 1.29 is 9.53 Å². The van der Waals surface area contributed by atoms with Gasteiger partial charge < -0.3 is 4.74 Å². The third-order valence-electron chi connectivity index (χ3n) is 3.67. The lowest BCUT2D eigenvalue weighted by molar-refractivity contribution is 0.0370. The van der Waals surface area contributed by atoms with Gasteiger partial charge in [0.2, 0.25) is 0 Å². The zero-order valence-corrected chi connectivity index (χ0v) is 12.8. The van der Waals surface area contributed by atoms with Crippen molar-refractivity contribution in [3.05, 3.63) is 101 Å². The highest BCUT2D eigenvalue weighted by molar-refractivity contribution is 5.87. The summed E-state index contributed by atoms with van der Waals surface area (Å²) in [6.07, 6.45) is 1.13. The molecule has 1 heterocycles. The molecule has 114 valence electrons. The Hall–Kier alpha value is -2.94. The molecule has 0 saturated carbocycles. The van der Waals surface area contributed by atoms with Gasteiger partial charge in [0.1, 0.15) is 5.69 Å². The molecular formula is C20H17NO2. The summed E-state index contributed by atoms with van der Waals surface area (Å²) >= 11 is 0. The number of esters is 1. The van der Waals surface area contributed by atoms with Crippen LogP contribution in [0.3, 0.4) is 0 Å². The second-order valence-electron chi connectivity index (χ2n) is 5.27. The minimum absolute atomic E-state index is 0.307. The van der Waals surface area contributed by atoms with E-state index in [1.165, 1.54) is 0 Å². The molecule has 3 nitrogen and oxygen atoms in total. The van der Waals surface area contributed by atoms with Crippen molar-refractivity contribution in [2.24, 2.45) is 0 Å². The molecule has 1 aromatic heterocycles. The van der Waals surface area contributed by atoms with E-state index >= 15 is 0 Å². The number of pyridine rings is 1. The Morgan fingerprint density at radius 1 is 0.913 bits per heavy atom. The van der Waals surface area contributed by atoms with E-state index < -0.39 is 12.1 Å². The maximum Gasteiger partial charge on any atom is 0.357 e. The first kappa shape index (κ1) is 15.0. The quantitative estimate of drug-likeness (QED) is 0.673. The molecule has 1 unspecified atom stereocenters. The van der Waals surface area contributed by atoms with Gasteiger partial charge in [0.15, 0.2) is 6.10 Å². The number of hydrogen-bond donors (Lipinski definition) is 0. The van der Waals surface area contributed by atoms with Gasteiger partial charge in [0.25, 0.3) is 0 Å². The Morgan fingerprint density at radius 2 is 1.61 bits per heavy atom. The van der Waals surface area contributed by atoms with E-state index in [1.807, 2.05) is 61.5 Å². The van der Waals surface area contributed by atoms with Crippen LogP contribution >= 0.6 is 0 Å². The van der Waals surface area contributed by atoms with Crippen molar-refractivity contribution in [3.8, 4) is 0 Å². The molecule has 0 saturated heterocycles. The van der Waals surface area contributed by atoms with Crippen molar-refractivity contribution in [2.45, 2.75) is 13.0 Å². The molecule has 3 aromatic rings. The molecule has 0 radical (unpaired) electrons. The van der Waals surface area contributed by atoms with Crippen LogP contribution in [0, 0.1) is 6.92 Å². The van der Waals surface area contributed by atoms with E-state index in [2.05, 4.69) is 4.98 Å². The van der Waals surface area contributed by atoms with Crippen molar-refractivity contribution in [2.75, 3.05) is 0 Å². The molecule has 23 heavy (non-hydrogen) atoms. The van der Waals surface area contributed by atoms with Gasteiger partial charge in [-0.05, 0) is 35.7 Å². The Kier molecular flexibility index (Phi) is 4.48. The zero-order valence-electron chi connectivity index (χ0n) is 12.8. The summed E-state index contributed by atoms with van der Waals surface area (Å²) in [5.74, 6) is -0.428. The molecular weight excluding hydrogens is 286 g/mol. The Balaban J connectivity index is 1.97. The molecule has 1 atom stereocenters. The summed E-state index contributed by atoms with van der Waals surface area (Å²) in [4.78, 5) is 16.5. The van der Waals surface area contributed by atoms with Gasteiger partial charge in [0.05, 0.1) is 0 Å². The van der Waals surface area contributed by atoms with E-state index in [1.54, 1.807) is 24.4 Å². The summed E-state index contributed by atoms with van der Waals surface area (Å²) in [6, 6.07) is 22.9. The summed E-state index contributed by atoms with van der Waals surface area (Å²) in [5, 5.41) is 0. The summed E-state index contributed by atoms with van der Waals surface area (Å²) in [5.41, 5.74) is 3.30. The van der Waals surface area contributed by atoms with Crippen LogP contribution < -0.4 is 0 Å². The molecule has 3 rings (SSSR count). The summed E-state index contributed by atoms with van der Waals surface area (Å²) in [6.45, 7) is 2.01. The first-order valence-corrected chi connectivity index (χ1v) is 7.48. The van der Waals surface area contributed by atoms with E-state index in [0.717, 1.165) is 16.7 Å². The second-order valence-corrected chi connectivity index (χ2v) is 5.27.